The molecule has 0 fully saturated rings. The molecule has 0 unspecified atom stereocenters. The van der Waals surface area contributed by atoms with E-state index in [1.54, 1.807) is 19.2 Å². The summed E-state index contributed by atoms with van der Waals surface area (Å²) < 4.78 is 31.9. The highest BCUT2D eigenvalue weighted by Gasteiger charge is 2.12. The van der Waals surface area contributed by atoms with Gasteiger partial charge in [0.1, 0.15) is 5.75 Å². The molecule has 0 atom stereocenters. The maximum atomic E-state index is 13.4. The summed E-state index contributed by atoms with van der Waals surface area (Å²) in [5.74, 6) is -1.14. The smallest absolute Gasteiger partial charge is 0.160 e. The van der Waals surface area contributed by atoms with Crippen molar-refractivity contribution >= 4 is 11.6 Å². The molecule has 0 bridgehead atoms. The van der Waals surface area contributed by atoms with Crippen molar-refractivity contribution in [2.75, 3.05) is 13.7 Å². The van der Waals surface area contributed by atoms with Gasteiger partial charge in [-0.05, 0) is 36.4 Å². The third-order valence-corrected chi connectivity index (χ3v) is 3.48. The van der Waals surface area contributed by atoms with E-state index in [2.05, 4.69) is 5.32 Å². The molecule has 1 N–H and O–H groups in total. The summed E-state index contributed by atoms with van der Waals surface area (Å²) in [5, 5.41) is 3.38. The van der Waals surface area contributed by atoms with Gasteiger partial charge in [-0.15, -0.1) is 0 Å². The van der Waals surface area contributed by atoms with E-state index in [0.29, 0.717) is 17.7 Å². The zero-order valence-corrected chi connectivity index (χ0v) is 12.6. The summed E-state index contributed by atoms with van der Waals surface area (Å²) in [6.45, 7) is 3.44. The number of hydrogen-bond acceptors (Lipinski definition) is 2. The van der Waals surface area contributed by atoms with Crippen molar-refractivity contribution < 1.29 is 13.5 Å². The van der Waals surface area contributed by atoms with Crippen LogP contribution in [0.5, 0.6) is 5.75 Å². The van der Waals surface area contributed by atoms with E-state index in [9.17, 15) is 8.78 Å². The highest BCUT2D eigenvalue weighted by atomic mass is 35.5. The summed E-state index contributed by atoms with van der Waals surface area (Å²) in [4.78, 5) is 0. The van der Waals surface area contributed by atoms with Gasteiger partial charge in [-0.3, -0.25) is 0 Å². The van der Waals surface area contributed by atoms with E-state index >= 15 is 0 Å². The highest BCUT2D eigenvalue weighted by Crippen LogP contribution is 2.32. The molecule has 0 saturated carbocycles. The molecule has 0 spiro atoms. The molecule has 2 rings (SSSR count). The third kappa shape index (κ3) is 3.52. The van der Waals surface area contributed by atoms with Crippen LogP contribution in [-0.2, 0) is 6.54 Å². The van der Waals surface area contributed by atoms with E-state index in [1.165, 1.54) is 0 Å². The third-order valence-electron chi connectivity index (χ3n) is 3.17. The molecular formula is C16H16ClF2NO. The number of benzene rings is 2. The Labute approximate surface area is 127 Å². The summed E-state index contributed by atoms with van der Waals surface area (Å²) in [6.07, 6.45) is 0. The Balaban J connectivity index is 2.47. The Morgan fingerprint density at radius 3 is 2.52 bits per heavy atom. The second-order valence-corrected chi connectivity index (χ2v) is 4.96. The lowest BCUT2D eigenvalue weighted by atomic mass is 10.0. The standard InChI is InChI=1S/C16H16ClF2NO/c1-3-20-9-11-6-10(4-5-16(11)21-2)12-7-14(18)15(19)8-13(12)17/h4-8,20H,3,9H2,1-2H3. The van der Waals surface area contributed by atoms with Gasteiger partial charge in [0.25, 0.3) is 0 Å². The van der Waals surface area contributed by atoms with Crippen LogP contribution in [0.25, 0.3) is 11.1 Å². The fraction of sp³-hybridized carbons (Fsp3) is 0.250. The Kier molecular flexibility index (Phi) is 5.15. The molecular weight excluding hydrogens is 296 g/mol. The molecule has 0 aromatic heterocycles. The first-order valence-corrected chi connectivity index (χ1v) is 6.97. The van der Waals surface area contributed by atoms with Crippen LogP contribution in [0.15, 0.2) is 30.3 Å². The van der Waals surface area contributed by atoms with E-state index in [1.807, 2.05) is 13.0 Å². The fourth-order valence-corrected chi connectivity index (χ4v) is 2.35. The molecule has 2 nitrogen and oxygen atoms in total. The number of methoxy groups -OCH3 is 1. The second kappa shape index (κ2) is 6.87. The zero-order chi connectivity index (χ0) is 15.4. The van der Waals surface area contributed by atoms with Gasteiger partial charge >= 0.3 is 0 Å². The molecule has 2 aromatic carbocycles. The normalized spacial score (nSPS) is 10.7. The topological polar surface area (TPSA) is 21.3 Å². The van der Waals surface area contributed by atoms with Crippen LogP contribution >= 0.6 is 11.6 Å². The average Bonchev–Trinajstić information content (AvgIpc) is 2.48. The van der Waals surface area contributed by atoms with E-state index in [-0.39, 0.29) is 5.02 Å². The Hall–Kier alpha value is -1.65. The average molecular weight is 312 g/mol. The molecule has 0 amide bonds. The molecule has 0 aliphatic carbocycles. The first-order valence-electron chi connectivity index (χ1n) is 6.59. The van der Waals surface area contributed by atoms with Gasteiger partial charge in [0, 0.05) is 17.7 Å². The number of nitrogens with one attached hydrogen (secondary N) is 1. The van der Waals surface area contributed by atoms with E-state index < -0.39 is 11.6 Å². The van der Waals surface area contributed by atoms with Gasteiger partial charge < -0.3 is 10.1 Å². The monoisotopic (exact) mass is 311 g/mol. The molecule has 112 valence electrons. The van der Waals surface area contributed by atoms with Gasteiger partial charge in [-0.25, -0.2) is 8.78 Å². The fourth-order valence-electron chi connectivity index (χ4n) is 2.09. The van der Waals surface area contributed by atoms with Crippen LogP contribution in [0.3, 0.4) is 0 Å². The Morgan fingerprint density at radius 1 is 1.14 bits per heavy atom. The first kappa shape index (κ1) is 15.7. The molecule has 0 aliphatic rings. The zero-order valence-electron chi connectivity index (χ0n) is 11.8. The number of hydrogen-bond donors (Lipinski definition) is 1. The van der Waals surface area contributed by atoms with Gasteiger partial charge in [-0.1, -0.05) is 24.6 Å². The lowest BCUT2D eigenvalue weighted by molar-refractivity contribution is 0.408. The van der Waals surface area contributed by atoms with Crippen molar-refractivity contribution in [2.24, 2.45) is 0 Å². The number of rotatable bonds is 5. The van der Waals surface area contributed by atoms with Crippen LogP contribution in [0, 0.1) is 11.6 Å². The van der Waals surface area contributed by atoms with Crippen LogP contribution < -0.4 is 10.1 Å². The maximum absolute atomic E-state index is 13.4. The van der Waals surface area contributed by atoms with E-state index in [0.717, 1.165) is 30.0 Å². The predicted octanol–water partition coefficient (Wildman–Crippen LogP) is 4.40. The minimum Gasteiger partial charge on any atom is -0.496 e. The molecule has 0 heterocycles. The summed E-state index contributed by atoms with van der Waals surface area (Å²) in [7, 11) is 1.59. The quantitative estimate of drug-likeness (QED) is 0.826. The first-order chi connectivity index (χ1) is 10.1. The Morgan fingerprint density at radius 2 is 1.86 bits per heavy atom. The van der Waals surface area contributed by atoms with Crippen molar-refractivity contribution in [2.45, 2.75) is 13.5 Å². The molecule has 21 heavy (non-hydrogen) atoms. The van der Waals surface area contributed by atoms with Gasteiger partial charge in [0.05, 0.1) is 12.1 Å². The number of ether oxygens (including phenoxy) is 1. The summed E-state index contributed by atoms with van der Waals surface area (Å²) in [6, 6.07) is 7.52. The van der Waals surface area contributed by atoms with Crippen molar-refractivity contribution in [1.82, 2.24) is 5.32 Å². The molecule has 0 radical (unpaired) electrons. The van der Waals surface area contributed by atoms with Crippen LogP contribution in [0.2, 0.25) is 5.02 Å². The van der Waals surface area contributed by atoms with Gasteiger partial charge in [0.2, 0.25) is 0 Å². The summed E-state index contributed by atoms with van der Waals surface area (Å²) >= 11 is 6.01. The van der Waals surface area contributed by atoms with Gasteiger partial charge in [0.15, 0.2) is 11.6 Å². The van der Waals surface area contributed by atoms with Gasteiger partial charge in [-0.2, -0.15) is 0 Å². The SMILES string of the molecule is CCNCc1cc(-c2cc(F)c(F)cc2Cl)ccc1OC. The molecule has 0 saturated heterocycles. The van der Waals surface area contributed by atoms with Crippen molar-refractivity contribution in [3.63, 3.8) is 0 Å². The van der Waals surface area contributed by atoms with Crippen LogP contribution in [-0.4, -0.2) is 13.7 Å². The molecule has 5 heteroatoms. The Bertz CT molecular complexity index is 646. The van der Waals surface area contributed by atoms with Crippen molar-refractivity contribution in [3.05, 3.63) is 52.6 Å². The number of halogens is 3. The molecule has 2 aromatic rings. The van der Waals surface area contributed by atoms with E-state index in [4.69, 9.17) is 16.3 Å². The van der Waals surface area contributed by atoms with Crippen molar-refractivity contribution in [3.8, 4) is 16.9 Å². The lowest BCUT2D eigenvalue weighted by Gasteiger charge is -2.12. The van der Waals surface area contributed by atoms with Crippen LogP contribution in [0.1, 0.15) is 12.5 Å². The minimum absolute atomic E-state index is 0.175. The minimum atomic E-state index is -0.954. The van der Waals surface area contributed by atoms with Crippen LogP contribution in [0.4, 0.5) is 8.78 Å². The summed E-state index contributed by atoms with van der Waals surface area (Å²) in [5.41, 5.74) is 2.10. The maximum Gasteiger partial charge on any atom is 0.160 e. The predicted molar refractivity (Wildman–Crippen MR) is 80.7 cm³/mol. The molecule has 0 aliphatic heterocycles. The lowest BCUT2D eigenvalue weighted by Crippen LogP contribution is -2.12. The largest absolute Gasteiger partial charge is 0.496 e. The second-order valence-electron chi connectivity index (χ2n) is 4.55. The van der Waals surface area contributed by atoms with Crippen molar-refractivity contribution in [1.29, 1.82) is 0 Å². The highest BCUT2D eigenvalue weighted by molar-refractivity contribution is 6.33.